The van der Waals surface area contributed by atoms with Crippen molar-refractivity contribution in [3.05, 3.63) is 164 Å². The van der Waals surface area contributed by atoms with Crippen LogP contribution in [0.4, 0.5) is 49.6 Å². The van der Waals surface area contributed by atoms with E-state index >= 15 is 0 Å². The zero-order valence-corrected chi connectivity index (χ0v) is 58.2. The average Bonchev–Trinajstić information content (AvgIpc) is 0.802. The Morgan fingerprint density at radius 2 is 0.980 bits per heavy atom. The van der Waals surface area contributed by atoms with Crippen LogP contribution in [0.5, 0.6) is 11.5 Å². The molecule has 4 aromatic heterocycles. The Kier molecular flexibility index (Phi) is 29.1. The number of ether oxygens (including phenoxy) is 4. The number of rotatable bonds is 17. The van der Waals surface area contributed by atoms with Gasteiger partial charge in [0.1, 0.15) is 51.8 Å². The molecule has 0 aliphatic carbocycles. The summed E-state index contributed by atoms with van der Waals surface area (Å²) in [6.07, 6.45) is -7.59. The molecule has 0 bridgehead atoms. The molecule has 0 aliphatic heterocycles. The van der Waals surface area contributed by atoms with Crippen LogP contribution >= 0.6 is 0 Å². The van der Waals surface area contributed by atoms with Crippen LogP contribution in [0.15, 0.2) is 119 Å². The highest BCUT2D eigenvalue weighted by molar-refractivity contribution is 6.00. The number of quaternary nitrogens is 1. The number of nitrogen functional groups attached to an aromatic ring is 2. The monoisotopic (exact) mass is 1470 g/mol. The van der Waals surface area contributed by atoms with E-state index in [9.17, 15) is 64.7 Å². The number of nitrogens with one attached hydrogen (secondary N) is 4. The summed E-state index contributed by atoms with van der Waals surface area (Å²) in [5.41, 5.74) is 11.6. The summed E-state index contributed by atoms with van der Waals surface area (Å²) in [6.45, 7) is 21.0. The Morgan fingerprint density at radius 3 is 1.42 bits per heavy atom. The number of anilines is 4. The van der Waals surface area contributed by atoms with Gasteiger partial charge in [0.2, 0.25) is 11.5 Å². The van der Waals surface area contributed by atoms with E-state index in [1.165, 1.54) is 18.3 Å². The van der Waals surface area contributed by atoms with E-state index < -0.39 is 95.1 Å². The molecule has 27 nitrogen and oxygen atoms in total. The van der Waals surface area contributed by atoms with Gasteiger partial charge in [0, 0.05) is 29.8 Å². The average molecular weight is 1470 g/mol. The molecular formula is C67H80Cl2F6N14O13. The smallest absolute Gasteiger partial charge is 0.471 e. The van der Waals surface area contributed by atoms with E-state index in [4.69, 9.17) is 35.5 Å². The fourth-order valence-electron chi connectivity index (χ4n) is 8.80. The first-order chi connectivity index (χ1) is 45.7. The SMILES string of the molecule is C.CC(C)(C)OC(=O)[C@@H]([NH3+])Cc1ccc(OC(C)(C)C)cc1.CC(C)(C)OC(=O)[C@H](Cc1ccc(OC(C)(C)C)cc1)NC(=O)c1ccc(N(Cc2c[nH+]c3nc(N)[nH]c(=O)c3n2)C(=O)C(F)(F)F)cc1.Nc1nc2ncc(CN(C(=O)C(F)(F)F)c3ccc(C(=O)O)cc3)nc2c(=O)[nH]1.[Cl-].[Cl-]. The number of aromatic carboxylic acids is 1. The molecule has 0 spiro atoms. The maximum atomic E-state index is 13.7. The van der Waals surface area contributed by atoms with Gasteiger partial charge in [-0.25, -0.2) is 34.3 Å². The lowest BCUT2D eigenvalue weighted by Crippen LogP contribution is -3.00. The number of alkyl halides is 6. The predicted octanol–water partition coefficient (Wildman–Crippen LogP) is 1.76. The number of amides is 3. The number of aromatic nitrogens is 8. The number of carbonyl (C=O) groups is 6. The molecule has 8 aromatic rings. The molecule has 0 aliphatic rings. The van der Waals surface area contributed by atoms with E-state index in [-0.39, 0.29) is 118 Å². The molecule has 4 aromatic carbocycles. The molecule has 0 fully saturated rings. The summed E-state index contributed by atoms with van der Waals surface area (Å²) in [7, 11) is 0. The molecule has 35 heteroatoms. The van der Waals surface area contributed by atoms with Gasteiger partial charge in [0.25, 0.3) is 17.0 Å². The van der Waals surface area contributed by atoms with Crippen LogP contribution in [0.3, 0.4) is 0 Å². The van der Waals surface area contributed by atoms with Crippen LogP contribution in [0.1, 0.15) is 134 Å². The third kappa shape index (κ3) is 26.2. The summed E-state index contributed by atoms with van der Waals surface area (Å²) in [5, 5.41) is 11.6. The molecule has 12 N–H and O–H groups in total. The number of nitrogens with two attached hydrogens (primary N) is 2. The fraction of sp³-hybridized carbons (Fsp3) is 0.373. The normalized spacial score (nSPS) is 12.1. The van der Waals surface area contributed by atoms with E-state index in [1.54, 1.807) is 45.0 Å². The van der Waals surface area contributed by atoms with Gasteiger partial charge in [-0.2, -0.15) is 31.3 Å². The summed E-state index contributed by atoms with van der Waals surface area (Å²) in [5.74, 6) is -6.31. The van der Waals surface area contributed by atoms with Crippen LogP contribution in [-0.4, -0.2) is 122 Å². The third-order valence-corrected chi connectivity index (χ3v) is 12.9. The minimum absolute atomic E-state index is 0. The Morgan fingerprint density at radius 1 is 0.569 bits per heavy atom. The summed E-state index contributed by atoms with van der Waals surface area (Å²) < 4.78 is 103. The number of carbonyl (C=O) groups excluding carboxylic acids is 5. The molecule has 3 amide bonds. The van der Waals surface area contributed by atoms with Gasteiger partial charge in [0.15, 0.2) is 17.2 Å². The maximum absolute atomic E-state index is 13.7. The van der Waals surface area contributed by atoms with Gasteiger partial charge < -0.3 is 71.4 Å². The van der Waals surface area contributed by atoms with Crippen molar-refractivity contribution in [1.29, 1.82) is 0 Å². The van der Waals surface area contributed by atoms with Crippen LogP contribution in [0.2, 0.25) is 0 Å². The topological polar surface area (TPSA) is 402 Å². The van der Waals surface area contributed by atoms with Crippen molar-refractivity contribution >= 4 is 81.2 Å². The largest absolute Gasteiger partial charge is 1.00 e. The number of carboxylic acid groups (broad SMARTS) is 1. The minimum Gasteiger partial charge on any atom is -1.00 e. The van der Waals surface area contributed by atoms with Crippen LogP contribution in [0.25, 0.3) is 22.3 Å². The third-order valence-electron chi connectivity index (χ3n) is 12.9. The van der Waals surface area contributed by atoms with Crippen molar-refractivity contribution in [2.75, 3.05) is 21.3 Å². The number of halogens is 8. The molecule has 2 atom stereocenters. The maximum Gasteiger partial charge on any atom is 0.471 e. The highest BCUT2D eigenvalue weighted by Gasteiger charge is 2.45. The second-order valence-corrected chi connectivity index (χ2v) is 26.1. The van der Waals surface area contributed by atoms with E-state index in [1.807, 2.05) is 86.6 Å². The van der Waals surface area contributed by atoms with E-state index in [2.05, 4.69) is 50.9 Å². The summed E-state index contributed by atoms with van der Waals surface area (Å²) in [4.78, 5) is 125. The van der Waals surface area contributed by atoms with Gasteiger partial charge in [-0.1, -0.05) is 31.7 Å². The number of hydrogen-bond donors (Lipinski definition) is 7. The summed E-state index contributed by atoms with van der Waals surface area (Å²) >= 11 is 0. The number of hydrogen-bond acceptors (Lipinski definition) is 19. The quantitative estimate of drug-likeness (QED) is 0.0504. The zero-order valence-electron chi connectivity index (χ0n) is 56.7. The molecule has 0 radical (unpaired) electrons. The molecule has 552 valence electrons. The Hall–Kier alpha value is -10.5. The summed E-state index contributed by atoms with van der Waals surface area (Å²) in [6, 6.07) is 22.2. The van der Waals surface area contributed by atoms with E-state index in [0.29, 0.717) is 27.5 Å². The predicted molar refractivity (Wildman–Crippen MR) is 355 cm³/mol. The van der Waals surface area contributed by atoms with Crippen molar-refractivity contribution in [1.82, 2.24) is 40.2 Å². The van der Waals surface area contributed by atoms with Gasteiger partial charge in [0.05, 0.1) is 30.5 Å². The van der Waals surface area contributed by atoms with Gasteiger partial charge >= 0.3 is 53.7 Å². The van der Waals surface area contributed by atoms with Crippen molar-refractivity contribution in [3.63, 3.8) is 0 Å². The van der Waals surface area contributed by atoms with Crippen LogP contribution in [0, 0.1) is 0 Å². The van der Waals surface area contributed by atoms with E-state index in [0.717, 1.165) is 53.9 Å². The van der Waals surface area contributed by atoms with Crippen LogP contribution in [-0.2, 0) is 54.6 Å². The molecule has 4 heterocycles. The number of nitrogens with zero attached hydrogens (tertiary/aromatic N) is 7. The molecule has 102 heavy (non-hydrogen) atoms. The molecular weight excluding hydrogens is 1390 g/mol. The first-order valence-corrected chi connectivity index (χ1v) is 30.2. The fourth-order valence-corrected chi connectivity index (χ4v) is 8.80. The first-order valence-electron chi connectivity index (χ1n) is 30.2. The Bertz CT molecular complexity index is 4350. The number of aromatic amines is 3. The molecule has 8 rings (SSSR count). The number of benzene rings is 4. The number of carboxylic acids is 1. The van der Waals surface area contributed by atoms with Crippen molar-refractivity contribution in [3.8, 4) is 11.5 Å². The second-order valence-electron chi connectivity index (χ2n) is 26.1. The number of fused-ring (bicyclic) bond motifs is 2. The highest BCUT2D eigenvalue weighted by Crippen LogP contribution is 2.29. The lowest BCUT2D eigenvalue weighted by Gasteiger charge is -2.25. The highest BCUT2D eigenvalue weighted by atomic mass is 35.5. The van der Waals surface area contributed by atoms with Crippen LogP contribution < -0.4 is 82.7 Å². The Balaban J connectivity index is 0.000000433. The first kappa shape index (κ1) is 85.7. The number of H-pyrrole nitrogens is 3. The van der Waals surface area contributed by atoms with Crippen molar-refractivity contribution < 1.29 is 115 Å². The minimum atomic E-state index is -5.26. The van der Waals surface area contributed by atoms with Gasteiger partial charge in [-0.15, -0.1) is 0 Å². The second kappa shape index (κ2) is 34.7. The molecule has 0 saturated heterocycles. The zero-order chi connectivity index (χ0) is 73.9. The number of esters is 2. The molecule has 0 unspecified atom stereocenters. The molecule has 0 saturated carbocycles. The Labute approximate surface area is 593 Å². The van der Waals surface area contributed by atoms with Crippen molar-refractivity contribution in [2.24, 2.45) is 0 Å². The van der Waals surface area contributed by atoms with Gasteiger partial charge in [-0.3, -0.25) is 43.7 Å². The lowest BCUT2D eigenvalue weighted by molar-refractivity contribution is -0.409. The standard InChI is InChI=1S/C33H36F3N7O6.C17H27NO3.C16H11F3N6O4.CH4.2ClH/c1-31(2,3)48-22-13-7-18(8-14-22)15-23(28(46)49-32(4,5)6)40-26(44)19-9-11-21(12-10-19)43(29(47)33(34,35)36)17-20-16-38-25-24(39-20)27(45)42-30(37)41-25;1-16(2,3)20-13-9-7-12(8-10-13)11-14(18)15(19)21-17(4,5)6;17-16(18,19)14(29)25(9-3-1-7(2-4-9)13(27)28)6-8-5-21-11-10(22-8)12(26)24-15(20)23-11;;;/h7-14,16,23H,15,17H2,1-6H3,(H,40,44)(H3,37,38,41,42,45);7-10,14H,11,18H2,1-6H3;1-5H,6H2,(H,27,28)(H3,20,21,23,24,26);1H4;2*1H/t23-;14-;;;;/m00..../s1. The lowest BCUT2D eigenvalue weighted by atomic mass is 10.0. The van der Waals surface area contributed by atoms with Gasteiger partial charge in [-0.05, 0) is 172 Å². The van der Waals surface area contributed by atoms with Crippen molar-refractivity contribution in [2.45, 2.75) is 163 Å².